The van der Waals surface area contributed by atoms with Crippen molar-refractivity contribution in [2.45, 2.75) is 13.3 Å². The normalized spacial score (nSPS) is 11.7. The van der Waals surface area contributed by atoms with Crippen molar-refractivity contribution in [3.8, 4) is 0 Å². The highest BCUT2D eigenvalue weighted by molar-refractivity contribution is 6.04. The fraction of sp³-hybridized carbons (Fsp3) is 0.176. The third-order valence-electron chi connectivity index (χ3n) is 3.28. The van der Waals surface area contributed by atoms with E-state index >= 15 is 0 Å². The van der Waals surface area contributed by atoms with Gasteiger partial charge in [0.05, 0.1) is 0 Å². The minimum absolute atomic E-state index is 0.511. The second kappa shape index (κ2) is 6.70. The Morgan fingerprint density at radius 3 is 2.33 bits per heavy atom. The molecule has 2 rings (SSSR count). The molecule has 0 aliphatic heterocycles. The fourth-order valence-corrected chi connectivity index (χ4v) is 1.97. The van der Waals surface area contributed by atoms with E-state index in [2.05, 4.69) is 5.32 Å². The fourth-order valence-electron chi connectivity index (χ4n) is 1.97. The van der Waals surface area contributed by atoms with Gasteiger partial charge in [0.1, 0.15) is 5.92 Å². The minimum Gasteiger partial charge on any atom is -0.481 e. The Bertz CT molecular complexity index is 637. The third kappa shape index (κ3) is 3.92. The van der Waals surface area contributed by atoms with Crippen LogP contribution in [-0.2, 0) is 16.0 Å². The van der Waals surface area contributed by atoms with Crippen molar-refractivity contribution in [1.82, 2.24) is 0 Å². The van der Waals surface area contributed by atoms with Crippen LogP contribution in [0, 0.1) is 5.92 Å². The summed E-state index contributed by atoms with van der Waals surface area (Å²) >= 11 is 0. The first-order chi connectivity index (χ1) is 10.1. The number of aliphatic carboxylic acids is 1. The topological polar surface area (TPSA) is 66.4 Å². The first-order valence-electron chi connectivity index (χ1n) is 6.73. The van der Waals surface area contributed by atoms with Gasteiger partial charge in [-0.3, -0.25) is 9.59 Å². The molecule has 108 valence electrons. The Balaban J connectivity index is 2.17. The van der Waals surface area contributed by atoms with Gasteiger partial charge in [-0.15, -0.1) is 0 Å². The molecule has 0 fully saturated rings. The van der Waals surface area contributed by atoms with Gasteiger partial charge < -0.3 is 10.4 Å². The molecule has 2 N–H and O–H groups in total. The Morgan fingerprint density at radius 2 is 1.67 bits per heavy atom. The van der Waals surface area contributed by atoms with Crippen LogP contribution in [0.1, 0.15) is 18.1 Å². The predicted molar refractivity (Wildman–Crippen MR) is 81.1 cm³/mol. The van der Waals surface area contributed by atoms with Crippen LogP contribution < -0.4 is 5.32 Å². The summed E-state index contributed by atoms with van der Waals surface area (Å²) in [4.78, 5) is 22.7. The number of carbonyl (C=O) groups is 2. The lowest BCUT2D eigenvalue weighted by Crippen LogP contribution is -2.27. The molecule has 4 nitrogen and oxygen atoms in total. The zero-order valence-electron chi connectivity index (χ0n) is 11.7. The van der Waals surface area contributed by atoms with Gasteiger partial charge in [0.2, 0.25) is 5.91 Å². The zero-order chi connectivity index (χ0) is 15.2. The van der Waals surface area contributed by atoms with Crippen molar-refractivity contribution < 1.29 is 14.7 Å². The molecule has 0 aromatic heterocycles. The van der Waals surface area contributed by atoms with E-state index < -0.39 is 17.8 Å². The largest absolute Gasteiger partial charge is 0.481 e. The van der Waals surface area contributed by atoms with Crippen LogP contribution in [0.25, 0.3) is 0 Å². The lowest BCUT2D eigenvalue weighted by molar-refractivity contribution is -0.144. The highest BCUT2D eigenvalue weighted by Gasteiger charge is 2.21. The van der Waals surface area contributed by atoms with Crippen molar-refractivity contribution in [3.63, 3.8) is 0 Å². The van der Waals surface area contributed by atoms with Crippen molar-refractivity contribution in [3.05, 3.63) is 65.7 Å². The quantitative estimate of drug-likeness (QED) is 0.829. The number of nitrogens with one attached hydrogen (secondary N) is 1. The van der Waals surface area contributed by atoms with Crippen LogP contribution in [0.2, 0.25) is 0 Å². The number of hydrogen-bond donors (Lipinski definition) is 2. The molecule has 0 bridgehead atoms. The molecular formula is C17H17NO3. The van der Waals surface area contributed by atoms with Crippen LogP contribution in [0.3, 0.4) is 0 Å². The maximum Gasteiger partial charge on any atom is 0.315 e. The standard InChI is InChI=1S/C17H17NO3/c1-12(17(20)21)16(19)18-15-10-6-5-9-14(15)11-13-7-3-2-4-8-13/h2-10,12H,11H2,1H3,(H,18,19)(H,20,21). The molecule has 1 atom stereocenters. The number of hydrogen-bond acceptors (Lipinski definition) is 2. The summed E-state index contributed by atoms with van der Waals surface area (Å²) in [6.45, 7) is 1.37. The molecule has 0 saturated carbocycles. The highest BCUT2D eigenvalue weighted by Crippen LogP contribution is 2.19. The van der Waals surface area contributed by atoms with Crippen molar-refractivity contribution >= 4 is 17.6 Å². The Morgan fingerprint density at radius 1 is 1.05 bits per heavy atom. The lowest BCUT2D eigenvalue weighted by Gasteiger charge is -2.13. The van der Waals surface area contributed by atoms with Gasteiger partial charge in [0, 0.05) is 5.69 Å². The van der Waals surface area contributed by atoms with Gasteiger partial charge in [-0.2, -0.15) is 0 Å². The van der Waals surface area contributed by atoms with E-state index in [-0.39, 0.29) is 0 Å². The summed E-state index contributed by atoms with van der Waals surface area (Å²) in [5.74, 6) is -2.72. The lowest BCUT2D eigenvalue weighted by atomic mass is 10.0. The molecule has 0 aliphatic carbocycles. The number of rotatable bonds is 5. The molecular weight excluding hydrogens is 266 g/mol. The monoisotopic (exact) mass is 283 g/mol. The molecule has 0 heterocycles. The van der Waals surface area contributed by atoms with E-state index in [1.165, 1.54) is 6.92 Å². The number of carboxylic acid groups (broad SMARTS) is 1. The number of anilines is 1. The van der Waals surface area contributed by atoms with Crippen molar-refractivity contribution in [1.29, 1.82) is 0 Å². The van der Waals surface area contributed by atoms with Gasteiger partial charge in [-0.1, -0.05) is 48.5 Å². The van der Waals surface area contributed by atoms with Gasteiger partial charge >= 0.3 is 5.97 Å². The smallest absolute Gasteiger partial charge is 0.315 e. The Kier molecular flexibility index (Phi) is 4.72. The molecule has 0 spiro atoms. The molecule has 0 saturated heterocycles. The number of benzene rings is 2. The van der Waals surface area contributed by atoms with Crippen molar-refractivity contribution in [2.75, 3.05) is 5.32 Å². The average molecular weight is 283 g/mol. The van der Waals surface area contributed by atoms with E-state index in [9.17, 15) is 9.59 Å². The van der Waals surface area contributed by atoms with E-state index in [0.717, 1.165) is 11.1 Å². The number of para-hydroxylation sites is 1. The van der Waals surface area contributed by atoms with E-state index in [0.29, 0.717) is 12.1 Å². The van der Waals surface area contributed by atoms with Crippen LogP contribution >= 0.6 is 0 Å². The van der Waals surface area contributed by atoms with Crippen LogP contribution in [0.4, 0.5) is 5.69 Å². The number of amides is 1. The maximum atomic E-state index is 11.9. The van der Waals surface area contributed by atoms with Crippen LogP contribution in [0.5, 0.6) is 0 Å². The molecule has 0 aliphatic rings. The van der Waals surface area contributed by atoms with E-state index in [4.69, 9.17) is 5.11 Å². The summed E-state index contributed by atoms with van der Waals surface area (Å²) in [5.41, 5.74) is 2.74. The SMILES string of the molecule is CC(C(=O)O)C(=O)Nc1ccccc1Cc1ccccc1. The minimum atomic E-state index is -1.13. The van der Waals surface area contributed by atoms with Crippen LogP contribution in [0.15, 0.2) is 54.6 Å². The maximum absolute atomic E-state index is 11.9. The Hall–Kier alpha value is -2.62. The summed E-state index contributed by atoms with van der Waals surface area (Å²) in [5, 5.41) is 11.6. The van der Waals surface area contributed by atoms with Gasteiger partial charge in [0.25, 0.3) is 0 Å². The highest BCUT2D eigenvalue weighted by atomic mass is 16.4. The van der Waals surface area contributed by atoms with E-state index in [1.807, 2.05) is 48.5 Å². The summed E-state index contributed by atoms with van der Waals surface area (Å²) < 4.78 is 0. The molecule has 2 aromatic rings. The summed E-state index contributed by atoms with van der Waals surface area (Å²) in [7, 11) is 0. The zero-order valence-corrected chi connectivity index (χ0v) is 11.7. The van der Waals surface area contributed by atoms with Crippen molar-refractivity contribution in [2.24, 2.45) is 5.92 Å². The van der Waals surface area contributed by atoms with Gasteiger partial charge in [0.15, 0.2) is 0 Å². The third-order valence-corrected chi connectivity index (χ3v) is 3.28. The first kappa shape index (κ1) is 14.8. The van der Waals surface area contributed by atoms with Crippen LogP contribution in [-0.4, -0.2) is 17.0 Å². The second-order valence-corrected chi connectivity index (χ2v) is 4.87. The van der Waals surface area contributed by atoms with Gasteiger partial charge in [-0.25, -0.2) is 0 Å². The first-order valence-corrected chi connectivity index (χ1v) is 6.73. The molecule has 0 radical (unpaired) electrons. The Labute approximate surface area is 123 Å². The number of carbonyl (C=O) groups excluding carboxylic acids is 1. The second-order valence-electron chi connectivity index (χ2n) is 4.87. The molecule has 4 heteroatoms. The average Bonchev–Trinajstić information content (AvgIpc) is 2.49. The summed E-state index contributed by atoms with van der Waals surface area (Å²) in [6, 6.07) is 17.3. The molecule has 2 aromatic carbocycles. The van der Waals surface area contributed by atoms with E-state index in [1.54, 1.807) is 6.07 Å². The molecule has 21 heavy (non-hydrogen) atoms. The molecule has 1 amide bonds. The predicted octanol–water partition coefficient (Wildman–Crippen LogP) is 2.94. The van der Waals surface area contributed by atoms with Gasteiger partial charge in [-0.05, 0) is 30.5 Å². The number of carboxylic acids is 1. The molecule has 1 unspecified atom stereocenters. The summed E-state index contributed by atoms with van der Waals surface area (Å²) in [6.07, 6.45) is 0.679.